The van der Waals surface area contributed by atoms with Crippen LogP contribution in [0.4, 0.5) is 5.95 Å². The maximum Gasteiger partial charge on any atom is 0.227 e. The highest BCUT2D eigenvalue weighted by Crippen LogP contribution is 2.18. The van der Waals surface area contributed by atoms with Crippen LogP contribution in [0.15, 0.2) is 24.3 Å². The number of aryl methyl sites for hydroxylation is 1. The Kier molecular flexibility index (Phi) is 4.92. The molecule has 0 bridgehead atoms. The number of methoxy groups -OCH3 is 1. The first-order valence-corrected chi connectivity index (χ1v) is 8.14. The number of rotatable bonds is 5. The van der Waals surface area contributed by atoms with Gasteiger partial charge in [0.25, 0.3) is 0 Å². The zero-order chi connectivity index (χ0) is 17.1. The minimum Gasteiger partial charge on any atom is -0.385 e. The minimum atomic E-state index is -0.396. The predicted molar refractivity (Wildman–Crippen MR) is 92.4 cm³/mol. The van der Waals surface area contributed by atoms with Crippen molar-refractivity contribution in [2.75, 3.05) is 19.0 Å². The second-order valence-corrected chi connectivity index (χ2v) is 6.08. The van der Waals surface area contributed by atoms with E-state index >= 15 is 0 Å². The molecule has 1 fully saturated rings. The van der Waals surface area contributed by atoms with Gasteiger partial charge < -0.3 is 15.4 Å². The molecule has 1 aliphatic heterocycles. The Labute approximate surface area is 141 Å². The van der Waals surface area contributed by atoms with E-state index in [1.807, 2.05) is 38.1 Å². The molecule has 0 spiro atoms. The number of carbonyl (C=O) groups is 1. The molecule has 7 nitrogen and oxygen atoms in total. The summed E-state index contributed by atoms with van der Waals surface area (Å²) >= 11 is 0. The van der Waals surface area contributed by atoms with Crippen LogP contribution in [0.2, 0.25) is 0 Å². The Hall–Kier alpha value is -2.25. The molecular formula is C17H23N5O2. The quantitative estimate of drug-likeness (QED) is 0.768. The summed E-state index contributed by atoms with van der Waals surface area (Å²) < 4.78 is 5.07. The summed E-state index contributed by atoms with van der Waals surface area (Å²) in [6, 6.07) is 7.90. The van der Waals surface area contributed by atoms with E-state index in [0.29, 0.717) is 19.0 Å². The molecule has 3 rings (SSSR count). The van der Waals surface area contributed by atoms with E-state index in [-0.39, 0.29) is 17.9 Å². The Morgan fingerprint density at radius 3 is 2.83 bits per heavy atom. The average molecular weight is 329 g/mol. The zero-order valence-corrected chi connectivity index (χ0v) is 14.2. The normalized spacial score (nSPS) is 24.0. The van der Waals surface area contributed by atoms with Crippen LogP contribution in [-0.2, 0) is 9.53 Å². The summed E-state index contributed by atoms with van der Waals surface area (Å²) in [7, 11) is 1.64. The van der Waals surface area contributed by atoms with Crippen molar-refractivity contribution >= 4 is 22.8 Å². The topological polar surface area (TPSA) is 88.2 Å². The lowest BCUT2D eigenvalue weighted by molar-refractivity contribution is -0.129. The van der Waals surface area contributed by atoms with Crippen molar-refractivity contribution in [3.05, 3.63) is 30.0 Å². The van der Waals surface area contributed by atoms with E-state index in [4.69, 9.17) is 4.74 Å². The van der Waals surface area contributed by atoms with E-state index in [0.717, 1.165) is 16.6 Å². The first kappa shape index (κ1) is 16.6. The number of nitrogens with one attached hydrogen (secondary N) is 3. The first-order valence-electron chi connectivity index (χ1n) is 8.14. The minimum absolute atomic E-state index is 0.00770. The molecular weight excluding hydrogens is 306 g/mol. The van der Waals surface area contributed by atoms with Gasteiger partial charge in [0, 0.05) is 25.1 Å². The van der Waals surface area contributed by atoms with Gasteiger partial charge in [-0.15, -0.1) is 0 Å². The fraction of sp³-hybridized carbons (Fsp3) is 0.471. The molecule has 7 heteroatoms. The number of carbonyl (C=O) groups excluding carboxylic acids is 1. The average Bonchev–Trinajstić information content (AvgIpc) is 2.54. The van der Waals surface area contributed by atoms with Crippen molar-refractivity contribution in [3.63, 3.8) is 0 Å². The van der Waals surface area contributed by atoms with Crippen LogP contribution in [0.1, 0.15) is 19.0 Å². The summed E-state index contributed by atoms with van der Waals surface area (Å²) in [5, 5.41) is 10.4. The van der Waals surface area contributed by atoms with Crippen molar-refractivity contribution in [1.29, 1.82) is 0 Å². The van der Waals surface area contributed by atoms with Crippen molar-refractivity contribution in [2.45, 2.75) is 32.6 Å². The molecule has 1 aromatic heterocycles. The van der Waals surface area contributed by atoms with Crippen LogP contribution in [0, 0.1) is 12.8 Å². The van der Waals surface area contributed by atoms with E-state index < -0.39 is 6.29 Å². The van der Waals surface area contributed by atoms with Crippen LogP contribution in [0.3, 0.4) is 0 Å². The number of benzene rings is 1. The Morgan fingerprint density at radius 1 is 1.29 bits per heavy atom. The largest absolute Gasteiger partial charge is 0.385 e. The number of para-hydroxylation sites is 1. The summed E-state index contributed by atoms with van der Waals surface area (Å²) in [5.41, 5.74) is 1.77. The maximum atomic E-state index is 12.3. The molecule has 24 heavy (non-hydrogen) atoms. The molecule has 1 amide bonds. The van der Waals surface area contributed by atoms with Gasteiger partial charge in [-0.1, -0.05) is 18.2 Å². The van der Waals surface area contributed by atoms with Crippen molar-refractivity contribution in [1.82, 2.24) is 20.6 Å². The number of amides is 1. The van der Waals surface area contributed by atoms with Gasteiger partial charge in [-0.25, -0.2) is 9.97 Å². The molecule has 3 N–H and O–H groups in total. The summed E-state index contributed by atoms with van der Waals surface area (Å²) in [4.78, 5) is 21.3. The SMILES string of the molecule is COCCC1C(=O)NC(Nc2nc(C)c3ccccc3n2)NC1C. The van der Waals surface area contributed by atoms with Crippen LogP contribution in [-0.4, -0.2) is 41.9 Å². The molecule has 2 aromatic rings. The highest BCUT2D eigenvalue weighted by molar-refractivity contribution is 5.82. The van der Waals surface area contributed by atoms with E-state index in [1.54, 1.807) is 7.11 Å². The molecule has 128 valence electrons. The summed E-state index contributed by atoms with van der Waals surface area (Å²) in [6.45, 7) is 4.51. The van der Waals surface area contributed by atoms with Gasteiger partial charge in [0.05, 0.1) is 17.1 Å². The smallest absolute Gasteiger partial charge is 0.227 e. The zero-order valence-electron chi connectivity index (χ0n) is 14.2. The lowest BCUT2D eigenvalue weighted by atomic mass is 9.95. The maximum absolute atomic E-state index is 12.3. The van der Waals surface area contributed by atoms with Gasteiger partial charge in [-0.2, -0.15) is 0 Å². The van der Waals surface area contributed by atoms with Crippen LogP contribution < -0.4 is 16.0 Å². The number of aromatic nitrogens is 2. The Balaban J connectivity index is 1.72. The molecule has 3 atom stereocenters. The third-order valence-corrected chi connectivity index (χ3v) is 4.36. The number of ether oxygens (including phenoxy) is 1. The van der Waals surface area contributed by atoms with Gasteiger partial charge in [0.15, 0.2) is 6.29 Å². The standard InChI is InChI=1S/C17H23N5O2/c1-10-12-6-4-5-7-14(12)20-16(18-10)22-17-19-11(2)13(8-9-24-3)15(23)21-17/h4-7,11,13,17,19H,8-9H2,1-3H3,(H,21,23)(H,18,20,22). The molecule has 0 radical (unpaired) electrons. The number of fused-ring (bicyclic) bond motifs is 1. The fourth-order valence-electron chi connectivity index (χ4n) is 3.03. The van der Waals surface area contributed by atoms with E-state index in [9.17, 15) is 4.79 Å². The fourth-order valence-corrected chi connectivity index (χ4v) is 3.03. The van der Waals surface area contributed by atoms with Gasteiger partial charge in [0.1, 0.15) is 0 Å². The Bertz CT molecular complexity index is 736. The van der Waals surface area contributed by atoms with E-state index in [1.165, 1.54) is 0 Å². The second-order valence-electron chi connectivity index (χ2n) is 6.08. The van der Waals surface area contributed by atoms with Gasteiger partial charge >= 0.3 is 0 Å². The monoisotopic (exact) mass is 329 g/mol. The molecule has 1 saturated heterocycles. The van der Waals surface area contributed by atoms with Crippen molar-refractivity contribution in [2.24, 2.45) is 5.92 Å². The van der Waals surface area contributed by atoms with Gasteiger partial charge in [-0.3, -0.25) is 10.1 Å². The highest BCUT2D eigenvalue weighted by Gasteiger charge is 2.33. The first-order chi connectivity index (χ1) is 11.6. The highest BCUT2D eigenvalue weighted by atomic mass is 16.5. The van der Waals surface area contributed by atoms with Crippen molar-refractivity contribution in [3.8, 4) is 0 Å². The molecule has 3 unspecified atom stereocenters. The van der Waals surface area contributed by atoms with Crippen LogP contribution in [0.25, 0.3) is 10.9 Å². The van der Waals surface area contributed by atoms with E-state index in [2.05, 4.69) is 25.9 Å². The second kappa shape index (κ2) is 7.11. The molecule has 2 heterocycles. The number of hydrogen-bond acceptors (Lipinski definition) is 6. The van der Waals surface area contributed by atoms with Gasteiger partial charge in [0.2, 0.25) is 11.9 Å². The van der Waals surface area contributed by atoms with Crippen LogP contribution in [0.5, 0.6) is 0 Å². The third kappa shape index (κ3) is 3.47. The molecule has 0 aliphatic carbocycles. The number of hydrogen-bond donors (Lipinski definition) is 3. The van der Waals surface area contributed by atoms with Gasteiger partial charge in [-0.05, 0) is 26.3 Å². The molecule has 1 aliphatic rings. The lowest BCUT2D eigenvalue weighted by Gasteiger charge is -2.35. The number of anilines is 1. The lowest BCUT2D eigenvalue weighted by Crippen LogP contribution is -2.63. The Morgan fingerprint density at radius 2 is 2.08 bits per heavy atom. The van der Waals surface area contributed by atoms with Crippen LogP contribution >= 0.6 is 0 Å². The predicted octanol–water partition coefficient (Wildman–Crippen LogP) is 1.39. The summed E-state index contributed by atoms with van der Waals surface area (Å²) in [6.07, 6.45) is 0.293. The summed E-state index contributed by atoms with van der Waals surface area (Å²) in [5.74, 6) is 0.391. The molecule has 1 aromatic carbocycles. The third-order valence-electron chi connectivity index (χ3n) is 4.36. The number of nitrogens with zero attached hydrogens (tertiary/aromatic N) is 2. The van der Waals surface area contributed by atoms with Crippen molar-refractivity contribution < 1.29 is 9.53 Å². The molecule has 0 saturated carbocycles.